The van der Waals surface area contributed by atoms with Gasteiger partial charge in [-0.1, -0.05) is 45.8 Å². The van der Waals surface area contributed by atoms with Gasteiger partial charge in [0, 0.05) is 24.0 Å². The van der Waals surface area contributed by atoms with Crippen molar-refractivity contribution < 1.29 is 13.2 Å². The van der Waals surface area contributed by atoms with E-state index in [1.807, 2.05) is 44.2 Å². The van der Waals surface area contributed by atoms with Gasteiger partial charge in [-0.25, -0.2) is 13.1 Å². The minimum Gasteiger partial charge on any atom is -0.308 e. The molecule has 1 atom stereocenters. The number of carbonyl (C=O) groups excluding carboxylic acids is 1. The number of hydrogen-bond acceptors (Lipinski definition) is 3. The maximum Gasteiger partial charge on any atom is 0.242 e. The minimum absolute atomic E-state index is 0.0668. The number of halogens is 1. The van der Waals surface area contributed by atoms with Gasteiger partial charge in [-0.2, -0.15) is 0 Å². The fourth-order valence-corrected chi connectivity index (χ4v) is 5.26. The summed E-state index contributed by atoms with van der Waals surface area (Å²) in [7, 11) is -3.78. The number of benzene rings is 2. The quantitative estimate of drug-likeness (QED) is 0.796. The lowest BCUT2D eigenvalue weighted by Crippen LogP contribution is -2.35. The predicted molar refractivity (Wildman–Crippen MR) is 106 cm³/mol. The average Bonchev–Trinajstić information content (AvgIpc) is 2.89. The summed E-state index contributed by atoms with van der Waals surface area (Å²) < 4.78 is 29.3. The molecule has 1 amide bonds. The highest BCUT2D eigenvalue weighted by atomic mass is 79.9. The molecule has 1 aliphatic rings. The van der Waals surface area contributed by atoms with E-state index in [0.29, 0.717) is 16.6 Å². The van der Waals surface area contributed by atoms with Crippen molar-refractivity contribution in [2.24, 2.45) is 0 Å². The largest absolute Gasteiger partial charge is 0.308 e. The number of rotatable bonds is 4. The van der Waals surface area contributed by atoms with Gasteiger partial charge in [-0.05, 0) is 43.5 Å². The first kappa shape index (κ1) is 19.1. The van der Waals surface area contributed by atoms with Gasteiger partial charge in [0.05, 0.1) is 5.69 Å². The Morgan fingerprint density at radius 2 is 1.92 bits per heavy atom. The van der Waals surface area contributed by atoms with Gasteiger partial charge in [0.25, 0.3) is 0 Å². The van der Waals surface area contributed by atoms with Crippen LogP contribution in [0.5, 0.6) is 0 Å². The van der Waals surface area contributed by atoms with Crippen LogP contribution < -0.4 is 9.62 Å². The molecule has 0 aromatic heterocycles. The van der Waals surface area contributed by atoms with Crippen molar-refractivity contribution >= 4 is 37.5 Å². The summed E-state index contributed by atoms with van der Waals surface area (Å²) in [5.74, 6) is -0.159. The lowest BCUT2D eigenvalue weighted by molar-refractivity contribution is -0.116. The Hall–Kier alpha value is -1.70. The molecular weight excluding hydrogens is 416 g/mol. The van der Waals surface area contributed by atoms with Gasteiger partial charge < -0.3 is 4.90 Å². The van der Waals surface area contributed by atoms with E-state index >= 15 is 0 Å². The number of fused-ring (bicyclic) bond motifs is 1. The van der Waals surface area contributed by atoms with E-state index in [1.54, 1.807) is 11.0 Å². The van der Waals surface area contributed by atoms with Crippen molar-refractivity contribution in [3.05, 3.63) is 57.6 Å². The maximum absolute atomic E-state index is 13.0. The number of hydrogen-bond donors (Lipinski definition) is 1. The molecule has 0 bridgehead atoms. The van der Waals surface area contributed by atoms with E-state index < -0.39 is 10.0 Å². The van der Waals surface area contributed by atoms with Gasteiger partial charge in [-0.3, -0.25) is 4.79 Å². The normalized spacial score (nSPS) is 16.6. The average molecular weight is 437 g/mol. The van der Waals surface area contributed by atoms with Crippen molar-refractivity contribution in [2.75, 3.05) is 4.90 Å². The van der Waals surface area contributed by atoms with Gasteiger partial charge in [0.2, 0.25) is 15.9 Å². The van der Waals surface area contributed by atoms with Gasteiger partial charge in [-0.15, -0.1) is 0 Å². The second kappa shape index (κ2) is 7.13. The van der Waals surface area contributed by atoms with E-state index in [0.717, 1.165) is 16.7 Å². The van der Waals surface area contributed by atoms with Crippen LogP contribution in [0.25, 0.3) is 0 Å². The lowest BCUT2D eigenvalue weighted by atomic mass is 10.1. The van der Waals surface area contributed by atoms with E-state index in [1.165, 1.54) is 6.92 Å². The zero-order chi connectivity index (χ0) is 19.1. The Bertz CT molecular complexity index is 955. The molecule has 7 heteroatoms. The smallest absolute Gasteiger partial charge is 0.242 e. The highest BCUT2D eigenvalue weighted by Gasteiger charge is 2.35. The topological polar surface area (TPSA) is 66.5 Å². The number of nitrogens with zero attached hydrogens (tertiary/aromatic N) is 1. The number of sulfonamides is 1. The highest BCUT2D eigenvalue weighted by molar-refractivity contribution is 9.10. The molecule has 3 rings (SSSR count). The fourth-order valence-electron chi connectivity index (χ4n) is 3.32. The number of carbonyl (C=O) groups is 1. The summed E-state index contributed by atoms with van der Waals surface area (Å²) in [6.45, 7) is 5.56. The molecule has 2 aromatic rings. The molecule has 1 aliphatic heterocycles. The third-order valence-corrected chi connectivity index (χ3v) is 6.40. The third kappa shape index (κ3) is 3.70. The predicted octanol–water partition coefficient (Wildman–Crippen LogP) is 3.53. The molecule has 2 aromatic carbocycles. The molecule has 0 radical (unpaired) electrons. The summed E-state index contributed by atoms with van der Waals surface area (Å²) in [6, 6.07) is 11.1. The van der Waals surface area contributed by atoms with Gasteiger partial charge in [0.15, 0.2) is 0 Å². The van der Waals surface area contributed by atoms with Crippen LogP contribution in [-0.2, 0) is 27.8 Å². The summed E-state index contributed by atoms with van der Waals surface area (Å²) in [4.78, 5) is 13.8. The first-order valence-corrected chi connectivity index (χ1v) is 10.6. The second-order valence-corrected chi connectivity index (χ2v) is 9.32. The number of nitrogens with one attached hydrogen (secondary N) is 1. The Kier molecular flexibility index (Phi) is 5.23. The summed E-state index contributed by atoms with van der Waals surface area (Å²) >= 11 is 3.39. The first-order chi connectivity index (χ1) is 12.2. The first-order valence-electron chi connectivity index (χ1n) is 8.36. The Labute approximate surface area is 162 Å². The lowest BCUT2D eigenvalue weighted by Gasteiger charge is -2.23. The molecule has 0 aliphatic carbocycles. The summed E-state index contributed by atoms with van der Waals surface area (Å²) in [5, 5.41) is 0. The van der Waals surface area contributed by atoms with Crippen molar-refractivity contribution in [2.45, 2.75) is 44.7 Å². The molecular formula is C19H21BrN2O3S. The van der Waals surface area contributed by atoms with Crippen LogP contribution in [0.4, 0.5) is 5.69 Å². The fraction of sp³-hybridized carbons (Fsp3) is 0.316. The van der Waals surface area contributed by atoms with Crippen molar-refractivity contribution in [1.82, 2.24) is 4.72 Å². The zero-order valence-corrected chi connectivity index (χ0v) is 17.3. The molecule has 0 unspecified atom stereocenters. The molecule has 0 spiro atoms. The van der Waals surface area contributed by atoms with Crippen LogP contribution >= 0.6 is 15.9 Å². The molecule has 0 saturated heterocycles. The van der Waals surface area contributed by atoms with Crippen LogP contribution in [-0.4, -0.2) is 20.4 Å². The van der Waals surface area contributed by atoms with Gasteiger partial charge in [0.1, 0.15) is 4.90 Å². The van der Waals surface area contributed by atoms with Crippen molar-refractivity contribution in [3.8, 4) is 0 Å². The molecule has 1 N–H and O–H groups in total. The summed E-state index contributed by atoms with van der Waals surface area (Å²) in [6.07, 6.45) is 0.634. The number of anilines is 1. The number of aryl methyl sites for hydroxylation is 1. The van der Waals surface area contributed by atoms with E-state index in [4.69, 9.17) is 0 Å². The molecule has 1 heterocycles. The van der Waals surface area contributed by atoms with Crippen LogP contribution in [0.3, 0.4) is 0 Å². The Morgan fingerprint density at radius 3 is 2.54 bits per heavy atom. The molecule has 138 valence electrons. The molecule has 5 nitrogen and oxygen atoms in total. The van der Waals surface area contributed by atoms with E-state index in [-0.39, 0.29) is 23.4 Å². The van der Waals surface area contributed by atoms with Crippen LogP contribution in [0.1, 0.15) is 30.5 Å². The van der Waals surface area contributed by atoms with Crippen molar-refractivity contribution in [1.29, 1.82) is 0 Å². The Balaban J connectivity index is 1.98. The monoisotopic (exact) mass is 436 g/mol. The standard InChI is InChI=1S/C19H21BrN2O3S/c1-12-4-6-15(7-5-12)11-21-26(24,25)18-10-17(20)9-16-8-13(2)22(14(3)23)19(16)18/h4-7,9-10,13,21H,8,11H2,1-3H3/t13-/m1/s1. The number of amides is 1. The Morgan fingerprint density at radius 1 is 1.27 bits per heavy atom. The molecule has 0 fully saturated rings. The van der Waals surface area contributed by atoms with Crippen LogP contribution in [0.2, 0.25) is 0 Å². The minimum atomic E-state index is -3.78. The molecule has 0 saturated carbocycles. The highest BCUT2D eigenvalue weighted by Crippen LogP contribution is 2.40. The summed E-state index contributed by atoms with van der Waals surface area (Å²) in [5.41, 5.74) is 3.34. The SMILES string of the molecule is CC(=O)N1c2c(cc(Br)cc2S(=O)(=O)NCc2ccc(C)cc2)C[C@H]1C. The van der Waals surface area contributed by atoms with E-state index in [2.05, 4.69) is 20.7 Å². The van der Waals surface area contributed by atoms with Crippen LogP contribution in [0, 0.1) is 6.92 Å². The van der Waals surface area contributed by atoms with Crippen LogP contribution in [0.15, 0.2) is 45.8 Å². The molecule has 26 heavy (non-hydrogen) atoms. The van der Waals surface area contributed by atoms with Crippen molar-refractivity contribution in [3.63, 3.8) is 0 Å². The second-order valence-electron chi connectivity index (χ2n) is 6.66. The van der Waals surface area contributed by atoms with E-state index in [9.17, 15) is 13.2 Å². The third-order valence-electron chi connectivity index (χ3n) is 4.53. The maximum atomic E-state index is 13.0. The zero-order valence-electron chi connectivity index (χ0n) is 14.9. The van der Waals surface area contributed by atoms with Gasteiger partial charge >= 0.3 is 0 Å².